The van der Waals surface area contributed by atoms with Gasteiger partial charge in [-0.1, -0.05) is 13.8 Å². The highest BCUT2D eigenvalue weighted by molar-refractivity contribution is 5.78. The summed E-state index contributed by atoms with van der Waals surface area (Å²) in [6, 6.07) is 0.157. The van der Waals surface area contributed by atoms with Crippen LogP contribution in [-0.4, -0.2) is 62.4 Å². The molecule has 5 nitrogen and oxygen atoms in total. The SMILES string of the molecule is CC(C)COCCN1CCC2OCC(=O)NC2C1. The van der Waals surface area contributed by atoms with Crippen LogP contribution < -0.4 is 5.32 Å². The number of fused-ring (bicyclic) bond motifs is 1. The van der Waals surface area contributed by atoms with Crippen LogP contribution in [0.25, 0.3) is 0 Å². The van der Waals surface area contributed by atoms with Crippen molar-refractivity contribution in [2.75, 3.05) is 39.5 Å². The zero-order valence-electron chi connectivity index (χ0n) is 11.4. The van der Waals surface area contributed by atoms with E-state index in [1.54, 1.807) is 0 Å². The number of hydrogen-bond donors (Lipinski definition) is 1. The first-order valence-electron chi connectivity index (χ1n) is 6.86. The summed E-state index contributed by atoms with van der Waals surface area (Å²) in [7, 11) is 0. The maximum absolute atomic E-state index is 11.3. The lowest BCUT2D eigenvalue weighted by atomic mass is 10.0. The predicted octanol–water partition coefficient (Wildman–Crippen LogP) is 0.248. The van der Waals surface area contributed by atoms with E-state index >= 15 is 0 Å². The number of nitrogens with zero attached hydrogens (tertiary/aromatic N) is 1. The molecule has 18 heavy (non-hydrogen) atoms. The van der Waals surface area contributed by atoms with Gasteiger partial charge in [-0.25, -0.2) is 0 Å². The molecule has 1 amide bonds. The van der Waals surface area contributed by atoms with Crippen LogP contribution in [-0.2, 0) is 14.3 Å². The Morgan fingerprint density at radius 2 is 2.39 bits per heavy atom. The fourth-order valence-corrected chi connectivity index (χ4v) is 2.48. The Hall–Kier alpha value is -0.650. The Balaban J connectivity index is 1.67. The Labute approximate surface area is 109 Å². The molecule has 2 heterocycles. The third-order valence-electron chi connectivity index (χ3n) is 3.41. The van der Waals surface area contributed by atoms with Crippen LogP contribution in [0.3, 0.4) is 0 Å². The maximum Gasteiger partial charge on any atom is 0.246 e. The number of amides is 1. The summed E-state index contributed by atoms with van der Waals surface area (Å²) in [6.45, 7) is 8.96. The minimum atomic E-state index is 0.00848. The molecule has 2 unspecified atom stereocenters. The minimum Gasteiger partial charge on any atom is -0.380 e. The molecular weight excluding hydrogens is 232 g/mol. The van der Waals surface area contributed by atoms with Crippen molar-refractivity contribution in [2.45, 2.75) is 32.4 Å². The number of ether oxygens (including phenoxy) is 2. The molecule has 0 spiro atoms. The van der Waals surface area contributed by atoms with Crippen molar-refractivity contribution in [3.8, 4) is 0 Å². The molecule has 2 aliphatic heterocycles. The van der Waals surface area contributed by atoms with Gasteiger partial charge in [0.2, 0.25) is 5.91 Å². The van der Waals surface area contributed by atoms with E-state index in [-0.39, 0.29) is 24.7 Å². The molecule has 2 fully saturated rings. The van der Waals surface area contributed by atoms with Gasteiger partial charge in [0.15, 0.2) is 0 Å². The highest BCUT2D eigenvalue weighted by atomic mass is 16.5. The molecule has 0 aromatic rings. The second-order valence-corrected chi connectivity index (χ2v) is 5.58. The largest absolute Gasteiger partial charge is 0.380 e. The average molecular weight is 256 g/mol. The van der Waals surface area contributed by atoms with Gasteiger partial charge in [-0.2, -0.15) is 0 Å². The van der Waals surface area contributed by atoms with Crippen molar-refractivity contribution in [1.29, 1.82) is 0 Å². The van der Waals surface area contributed by atoms with Crippen molar-refractivity contribution in [1.82, 2.24) is 10.2 Å². The van der Waals surface area contributed by atoms with Crippen LogP contribution in [0.5, 0.6) is 0 Å². The van der Waals surface area contributed by atoms with Gasteiger partial charge in [-0.3, -0.25) is 9.69 Å². The van der Waals surface area contributed by atoms with E-state index in [1.807, 2.05) is 0 Å². The minimum absolute atomic E-state index is 0.00848. The molecule has 2 rings (SSSR count). The van der Waals surface area contributed by atoms with Crippen molar-refractivity contribution >= 4 is 5.91 Å². The van der Waals surface area contributed by atoms with Gasteiger partial charge in [0.05, 0.1) is 18.8 Å². The molecule has 2 saturated heterocycles. The molecule has 0 aromatic carbocycles. The van der Waals surface area contributed by atoms with E-state index in [9.17, 15) is 4.79 Å². The van der Waals surface area contributed by atoms with Gasteiger partial charge in [0.1, 0.15) is 6.61 Å². The average Bonchev–Trinajstić information content (AvgIpc) is 2.34. The third-order valence-corrected chi connectivity index (χ3v) is 3.41. The maximum atomic E-state index is 11.3. The predicted molar refractivity (Wildman–Crippen MR) is 68.4 cm³/mol. The second kappa shape index (κ2) is 6.50. The van der Waals surface area contributed by atoms with Crippen molar-refractivity contribution in [3.63, 3.8) is 0 Å². The van der Waals surface area contributed by atoms with Gasteiger partial charge < -0.3 is 14.8 Å². The number of nitrogens with one attached hydrogen (secondary N) is 1. The molecule has 2 atom stereocenters. The van der Waals surface area contributed by atoms with Crippen LogP contribution in [0, 0.1) is 5.92 Å². The topological polar surface area (TPSA) is 50.8 Å². The number of morpholine rings is 1. The monoisotopic (exact) mass is 256 g/mol. The molecule has 5 heteroatoms. The highest BCUT2D eigenvalue weighted by Gasteiger charge is 2.34. The lowest BCUT2D eigenvalue weighted by Crippen LogP contribution is -2.60. The second-order valence-electron chi connectivity index (χ2n) is 5.58. The quantitative estimate of drug-likeness (QED) is 0.716. The number of hydrogen-bond acceptors (Lipinski definition) is 4. The molecule has 0 aromatic heterocycles. The normalized spacial score (nSPS) is 29.2. The Kier molecular flexibility index (Phi) is 4.97. The van der Waals surface area contributed by atoms with Gasteiger partial charge in [-0.15, -0.1) is 0 Å². The first kappa shape index (κ1) is 13.8. The van der Waals surface area contributed by atoms with E-state index < -0.39 is 0 Å². The van der Waals surface area contributed by atoms with Crippen LogP contribution in [0.1, 0.15) is 20.3 Å². The smallest absolute Gasteiger partial charge is 0.246 e. The van der Waals surface area contributed by atoms with E-state index in [0.717, 1.165) is 39.3 Å². The fourth-order valence-electron chi connectivity index (χ4n) is 2.48. The van der Waals surface area contributed by atoms with E-state index in [2.05, 4.69) is 24.1 Å². The number of carbonyl (C=O) groups excluding carboxylic acids is 1. The molecule has 1 N–H and O–H groups in total. The summed E-state index contributed by atoms with van der Waals surface area (Å²) in [6.07, 6.45) is 1.20. The van der Waals surface area contributed by atoms with Gasteiger partial charge in [0.25, 0.3) is 0 Å². The molecule has 0 aliphatic carbocycles. The van der Waals surface area contributed by atoms with Crippen LogP contribution in [0.2, 0.25) is 0 Å². The standard InChI is InChI=1S/C13H24N2O3/c1-10(2)8-17-6-5-15-4-3-12-11(7-15)14-13(16)9-18-12/h10-12H,3-9H2,1-2H3,(H,14,16). The first-order valence-corrected chi connectivity index (χ1v) is 6.86. The molecule has 0 radical (unpaired) electrons. The Morgan fingerprint density at radius 3 is 3.17 bits per heavy atom. The van der Waals surface area contributed by atoms with E-state index in [0.29, 0.717) is 5.92 Å². The van der Waals surface area contributed by atoms with Gasteiger partial charge in [-0.05, 0) is 12.3 Å². The van der Waals surface area contributed by atoms with E-state index in [4.69, 9.17) is 9.47 Å². The van der Waals surface area contributed by atoms with Gasteiger partial charge in [0, 0.05) is 26.2 Å². The van der Waals surface area contributed by atoms with Crippen molar-refractivity contribution < 1.29 is 14.3 Å². The third kappa shape index (κ3) is 3.93. The van der Waals surface area contributed by atoms with Crippen molar-refractivity contribution in [2.24, 2.45) is 5.92 Å². The van der Waals surface area contributed by atoms with Crippen LogP contribution in [0.15, 0.2) is 0 Å². The molecule has 104 valence electrons. The summed E-state index contributed by atoms with van der Waals surface area (Å²) in [5.74, 6) is 0.593. The zero-order chi connectivity index (χ0) is 13.0. The summed E-state index contributed by atoms with van der Waals surface area (Å²) < 4.78 is 11.1. The number of likely N-dealkylation sites (tertiary alicyclic amines) is 1. The summed E-state index contributed by atoms with van der Waals surface area (Å²) in [5, 5.41) is 3.01. The van der Waals surface area contributed by atoms with E-state index in [1.165, 1.54) is 0 Å². The van der Waals surface area contributed by atoms with Crippen LogP contribution in [0.4, 0.5) is 0 Å². The van der Waals surface area contributed by atoms with Crippen LogP contribution >= 0.6 is 0 Å². The summed E-state index contributed by atoms with van der Waals surface area (Å²) >= 11 is 0. The Morgan fingerprint density at radius 1 is 1.56 bits per heavy atom. The molecule has 2 aliphatic rings. The zero-order valence-corrected chi connectivity index (χ0v) is 11.4. The number of carbonyl (C=O) groups is 1. The number of piperidine rings is 1. The Bertz CT molecular complexity index is 283. The van der Waals surface area contributed by atoms with Crippen molar-refractivity contribution in [3.05, 3.63) is 0 Å². The molecule has 0 saturated carbocycles. The summed E-state index contributed by atoms with van der Waals surface area (Å²) in [4.78, 5) is 13.6. The van der Waals surface area contributed by atoms with Gasteiger partial charge >= 0.3 is 0 Å². The lowest BCUT2D eigenvalue weighted by molar-refractivity contribution is -0.140. The lowest BCUT2D eigenvalue weighted by Gasteiger charge is -2.41. The number of rotatable bonds is 5. The first-order chi connectivity index (χ1) is 8.65. The fraction of sp³-hybridized carbons (Fsp3) is 0.923. The molecular formula is C13H24N2O3. The molecule has 0 bridgehead atoms. The summed E-state index contributed by atoms with van der Waals surface area (Å²) in [5.41, 5.74) is 0. The highest BCUT2D eigenvalue weighted by Crippen LogP contribution is 2.17.